The van der Waals surface area contributed by atoms with Crippen LogP contribution in [0.1, 0.15) is 57.7 Å². The highest BCUT2D eigenvalue weighted by molar-refractivity contribution is 5.86. The molecule has 7 atom stereocenters. The van der Waals surface area contributed by atoms with Crippen LogP contribution in [0.15, 0.2) is 54.7 Å². The lowest BCUT2D eigenvalue weighted by atomic mass is 9.99. The van der Waals surface area contributed by atoms with Crippen molar-refractivity contribution >= 4 is 23.8 Å². The van der Waals surface area contributed by atoms with Crippen molar-refractivity contribution in [3.8, 4) is 11.1 Å². The lowest BCUT2D eigenvalue weighted by Gasteiger charge is -2.34. The first-order chi connectivity index (χ1) is 24.0. The van der Waals surface area contributed by atoms with Crippen LogP contribution in [0.3, 0.4) is 0 Å². The maximum Gasteiger partial charge on any atom is 0.407 e. The molecule has 0 spiro atoms. The average Bonchev–Trinajstić information content (AvgIpc) is 3.90. The molecule has 14 nitrogen and oxygen atoms in total. The SMILES string of the molecule is COC(=O)N[C@@H](C(C)C)C(O)NC1NCC(c2ccc(-c3ccc(C4=CNC(C5CCCN5C(=O)[C@@H](NC(=O)OC)C(C)C)N4)cc3)cc2)N1. The van der Waals surface area contributed by atoms with Crippen LogP contribution in [-0.2, 0) is 14.3 Å². The van der Waals surface area contributed by atoms with Crippen molar-refractivity contribution in [3.63, 3.8) is 0 Å². The van der Waals surface area contributed by atoms with Gasteiger partial charge in [0, 0.05) is 25.3 Å². The quantitative estimate of drug-likeness (QED) is 0.153. The molecule has 2 aromatic carbocycles. The van der Waals surface area contributed by atoms with E-state index in [1.807, 2.05) is 38.8 Å². The zero-order valence-corrected chi connectivity index (χ0v) is 29.7. The van der Waals surface area contributed by atoms with E-state index in [2.05, 4.69) is 85.7 Å². The summed E-state index contributed by atoms with van der Waals surface area (Å²) in [4.78, 5) is 39.0. The third-order valence-corrected chi connectivity index (χ3v) is 9.68. The van der Waals surface area contributed by atoms with E-state index in [1.165, 1.54) is 14.2 Å². The Morgan fingerprint density at radius 3 is 2.12 bits per heavy atom. The number of alkyl carbamates (subject to hydrolysis) is 2. The molecule has 3 aliphatic rings. The van der Waals surface area contributed by atoms with E-state index in [0.717, 1.165) is 40.8 Å². The van der Waals surface area contributed by atoms with Crippen molar-refractivity contribution in [1.29, 1.82) is 0 Å². The van der Waals surface area contributed by atoms with Gasteiger partial charge >= 0.3 is 12.2 Å². The van der Waals surface area contributed by atoms with Crippen LogP contribution in [0, 0.1) is 11.8 Å². The van der Waals surface area contributed by atoms with Crippen LogP contribution in [0.5, 0.6) is 0 Å². The largest absolute Gasteiger partial charge is 0.453 e. The van der Waals surface area contributed by atoms with Crippen molar-refractivity contribution < 1.29 is 29.0 Å². The number of benzene rings is 2. The highest BCUT2D eigenvalue weighted by atomic mass is 16.5. The number of likely N-dealkylation sites (tertiary alicyclic amines) is 1. The van der Waals surface area contributed by atoms with Gasteiger partial charge in [0.2, 0.25) is 5.91 Å². The lowest BCUT2D eigenvalue weighted by molar-refractivity contribution is -0.135. The van der Waals surface area contributed by atoms with Gasteiger partial charge in [0.1, 0.15) is 24.7 Å². The molecule has 0 aliphatic carbocycles. The fraction of sp³-hybridized carbons (Fsp3) is 0.528. The number of rotatable bonds is 12. The zero-order chi connectivity index (χ0) is 35.9. The first-order valence-electron chi connectivity index (χ1n) is 17.4. The molecule has 3 amide bonds. The first kappa shape index (κ1) is 36.9. The van der Waals surface area contributed by atoms with Crippen LogP contribution < -0.4 is 37.2 Å². The number of hydrogen-bond donors (Lipinski definition) is 8. The number of methoxy groups -OCH3 is 2. The lowest BCUT2D eigenvalue weighted by Crippen LogP contribution is -2.59. The smallest absolute Gasteiger partial charge is 0.407 e. The average molecular weight is 693 g/mol. The standard InChI is InChI=1S/C36H52N8O6/c1-20(2)29(41-35(47)49-5)32(45)43-34-38-19-27(40-34)25-15-11-23(12-16-25)22-9-13-24(14-10-22)26-18-37-31(39-26)28-8-7-17-44(28)33(46)30(21(3)4)42-36(48)50-6/h9-16,18,20-21,27-32,34,37-40,43,45H,7-8,17,19H2,1-6H3,(H,41,47)(H,42,48)/t27?,28?,29-,30-,31?,32?,34?/m0/s1. The van der Waals surface area contributed by atoms with Gasteiger partial charge in [-0.2, -0.15) is 0 Å². The number of carbonyl (C=O) groups is 3. The third-order valence-electron chi connectivity index (χ3n) is 9.68. The number of nitrogens with one attached hydrogen (secondary N) is 7. The Hall–Kier alpha value is -4.37. The number of carbonyl (C=O) groups excluding carboxylic acids is 3. The molecule has 2 aromatic rings. The predicted octanol–water partition coefficient (Wildman–Crippen LogP) is 2.35. The minimum Gasteiger partial charge on any atom is -0.453 e. The van der Waals surface area contributed by atoms with Crippen molar-refractivity contribution in [1.82, 2.24) is 42.1 Å². The van der Waals surface area contributed by atoms with E-state index in [-0.39, 0.29) is 42.3 Å². The molecular weight excluding hydrogens is 640 g/mol. The van der Waals surface area contributed by atoms with Crippen molar-refractivity contribution in [3.05, 3.63) is 65.9 Å². The van der Waals surface area contributed by atoms with E-state index >= 15 is 0 Å². The summed E-state index contributed by atoms with van der Waals surface area (Å²) in [5, 5.41) is 33.1. The summed E-state index contributed by atoms with van der Waals surface area (Å²) in [6.45, 7) is 8.97. The van der Waals surface area contributed by atoms with E-state index < -0.39 is 30.5 Å². The molecular formula is C36H52N8O6. The molecule has 0 radical (unpaired) electrons. The molecule has 3 heterocycles. The summed E-state index contributed by atoms with van der Waals surface area (Å²) in [6, 6.07) is 15.6. The van der Waals surface area contributed by atoms with E-state index in [4.69, 9.17) is 9.47 Å². The van der Waals surface area contributed by atoms with E-state index in [0.29, 0.717) is 13.1 Å². The van der Waals surface area contributed by atoms with Crippen molar-refractivity contribution in [2.75, 3.05) is 27.3 Å². The summed E-state index contributed by atoms with van der Waals surface area (Å²) in [6.07, 6.45) is 1.05. The van der Waals surface area contributed by atoms with Crippen LogP contribution >= 0.6 is 0 Å². The van der Waals surface area contributed by atoms with Gasteiger partial charge < -0.3 is 40.7 Å². The monoisotopic (exact) mass is 692 g/mol. The van der Waals surface area contributed by atoms with E-state index in [9.17, 15) is 19.5 Å². The van der Waals surface area contributed by atoms with Crippen LogP contribution in [0.25, 0.3) is 16.8 Å². The Labute approximate surface area is 294 Å². The fourth-order valence-electron chi connectivity index (χ4n) is 6.79. The molecule has 0 saturated carbocycles. The number of aliphatic hydroxyl groups is 1. The fourth-order valence-corrected chi connectivity index (χ4v) is 6.79. The summed E-state index contributed by atoms with van der Waals surface area (Å²) < 4.78 is 9.45. The molecule has 3 aliphatic heterocycles. The van der Waals surface area contributed by atoms with Crippen LogP contribution in [0.2, 0.25) is 0 Å². The number of hydrogen-bond acceptors (Lipinski definition) is 11. The number of amides is 3. The second-order valence-corrected chi connectivity index (χ2v) is 13.7. The molecule has 0 aromatic heterocycles. The minimum atomic E-state index is -0.985. The Morgan fingerprint density at radius 2 is 1.50 bits per heavy atom. The summed E-state index contributed by atoms with van der Waals surface area (Å²) in [5.41, 5.74) is 5.29. The normalized spacial score (nSPS) is 23.5. The van der Waals surface area contributed by atoms with Gasteiger partial charge in [-0.15, -0.1) is 0 Å². The molecule has 14 heteroatoms. The second-order valence-electron chi connectivity index (χ2n) is 13.7. The van der Waals surface area contributed by atoms with Gasteiger partial charge in [0.25, 0.3) is 0 Å². The highest BCUT2D eigenvalue weighted by Gasteiger charge is 2.40. The van der Waals surface area contributed by atoms with Gasteiger partial charge in [-0.25, -0.2) is 9.59 Å². The van der Waals surface area contributed by atoms with Gasteiger partial charge in [-0.3, -0.25) is 20.7 Å². The third kappa shape index (κ3) is 8.67. The van der Waals surface area contributed by atoms with Crippen LogP contribution in [-0.4, -0.2) is 92.2 Å². The number of nitrogens with zero attached hydrogens (tertiary/aromatic N) is 1. The Morgan fingerprint density at radius 1 is 0.880 bits per heavy atom. The maximum atomic E-state index is 13.5. The molecule has 2 fully saturated rings. The minimum absolute atomic E-state index is 0.0165. The molecule has 8 N–H and O–H groups in total. The molecule has 2 saturated heterocycles. The summed E-state index contributed by atoms with van der Waals surface area (Å²) in [5.74, 6) is -0.193. The van der Waals surface area contributed by atoms with Crippen LogP contribution in [0.4, 0.5) is 9.59 Å². The molecule has 0 bridgehead atoms. The summed E-state index contributed by atoms with van der Waals surface area (Å²) in [7, 11) is 2.59. The van der Waals surface area contributed by atoms with Gasteiger partial charge in [0.15, 0.2) is 0 Å². The highest BCUT2D eigenvalue weighted by Crippen LogP contribution is 2.28. The second kappa shape index (κ2) is 16.6. The predicted molar refractivity (Wildman–Crippen MR) is 190 cm³/mol. The summed E-state index contributed by atoms with van der Waals surface area (Å²) >= 11 is 0. The molecule has 5 rings (SSSR count). The van der Waals surface area contributed by atoms with Crippen molar-refractivity contribution in [2.24, 2.45) is 11.8 Å². The van der Waals surface area contributed by atoms with Gasteiger partial charge in [0.05, 0.1) is 32.0 Å². The Balaban J connectivity index is 1.14. The molecule has 5 unspecified atom stereocenters. The van der Waals surface area contributed by atoms with Crippen molar-refractivity contribution in [2.45, 2.75) is 83.4 Å². The molecule has 50 heavy (non-hydrogen) atoms. The number of aliphatic hydroxyl groups excluding tert-OH is 1. The first-order valence-corrected chi connectivity index (χ1v) is 17.4. The zero-order valence-electron chi connectivity index (χ0n) is 29.7. The van der Waals surface area contributed by atoms with E-state index in [1.54, 1.807) is 0 Å². The number of ether oxygens (including phenoxy) is 2. The molecule has 272 valence electrons. The Kier molecular flexibility index (Phi) is 12.2. The van der Waals surface area contributed by atoms with Gasteiger partial charge in [-0.1, -0.05) is 76.2 Å². The maximum absolute atomic E-state index is 13.5. The van der Waals surface area contributed by atoms with Gasteiger partial charge in [-0.05, 0) is 46.9 Å². The topological polar surface area (TPSA) is 177 Å². The Bertz CT molecular complexity index is 1500.